The van der Waals surface area contributed by atoms with Crippen LogP contribution in [0.3, 0.4) is 0 Å². The molecule has 8 heteroatoms. The standard InChI is InChI=1S/C19H17N3O5/c1-3-18(24)26-8-9-27-19(25)13-5-6-14-15(11-13)21-20(14)22(21)16-10-12(2)4-7-17(16)23/h3-7,10-11,23H,1,8-9H2,2H3. The number of hydrogen-bond donors (Lipinski definition) is 1. The zero-order valence-corrected chi connectivity index (χ0v) is 14.6. The first-order valence-corrected chi connectivity index (χ1v) is 8.31. The number of rotatable bonds is 6. The minimum absolute atomic E-state index is 0.0259. The van der Waals surface area contributed by atoms with Gasteiger partial charge in [-0.15, -0.1) is 14.1 Å². The lowest BCUT2D eigenvalue weighted by Crippen LogP contribution is -2.13. The SMILES string of the molecule is C=CC(=O)OCCOC(=O)c1ccc2c(c1)n1n(-c3cc(C)ccc3O)n21. The zero-order chi connectivity index (χ0) is 19.1. The van der Waals surface area contributed by atoms with E-state index < -0.39 is 11.9 Å². The summed E-state index contributed by atoms with van der Waals surface area (Å²) in [6.07, 6.45) is 1.05. The summed E-state index contributed by atoms with van der Waals surface area (Å²) in [5.74, 6) is -0.888. The molecule has 2 aromatic heterocycles. The van der Waals surface area contributed by atoms with Crippen molar-refractivity contribution in [2.24, 2.45) is 0 Å². The summed E-state index contributed by atoms with van der Waals surface area (Å²) >= 11 is 0. The van der Waals surface area contributed by atoms with Crippen molar-refractivity contribution in [2.75, 3.05) is 13.2 Å². The summed E-state index contributed by atoms with van der Waals surface area (Å²) in [7, 11) is 0. The maximum absolute atomic E-state index is 12.1. The van der Waals surface area contributed by atoms with Gasteiger partial charge in [-0.1, -0.05) is 12.6 Å². The largest absolute Gasteiger partial charge is 0.506 e. The van der Waals surface area contributed by atoms with Crippen LogP contribution >= 0.6 is 0 Å². The first-order chi connectivity index (χ1) is 13.0. The van der Waals surface area contributed by atoms with Gasteiger partial charge in [0.1, 0.15) is 35.7 Å². The minimum Gasteiger partial charge on any atom is -0.506 e. The molecule has 2 heterocycles. The van der Waals surface area contributed by atoms with Crippen LogP contribution < -0.4 is 0 Å². The third-order valence-electron chi connectivity index (χ3n) is 4.22. The third-order valence-corrected chi connectivity index (χ3v) is 4.22. The van der Waals surface area contributed by atoms with E-state index in [0.717, 1.165) is 22.7 Å². The Kier molecular flexibility index (Phi) is 3.88. The Balaban J connectivity index is 1.51. The molecule has 1 N–H and O–H groups in total. The number of esters is 2. The Labute approximate surface area is 153 Å². The summed E-state index contributed by atoms with van der Waals surface area (Å²) in [6.45, 7) is 5.18. The van der Waals surface area contributed by atoms with E-state index in [-0.39, 0.29) is 19.0 Å². The first kappa shape index (κ1) is 16.8. The molecule has 0 aliphatic heterocycles. The highest BCUT2D eigenvalue weighted by molar-refractivity contribution is 5.94. The fraction of sp³-hybridized carbons (Fsp3) is 0.158. The van der Waals surface area contributed by atoms with Crippen LogP contribution in [0, 0.1) is 6.92 Å². The third kappa shape index (κ3) is 2.80. The van der Waals surface area contributed by atoms with Crippen LogP contribution in [0.2, 0.25) is 0 Å². The number of aryl methyl sites for hydroxylation is 1. The van der Waals surface area contributed by atoms with Crippen molar-refractivity contribution in [2.45, 2.75) is 6.92 Å². The Morgan fingerprint density at radius 3 is 2.59 bits per heavy atom. The van der Waals surface area contributed by atoms with E-state index in [1.165, 1.54) is 0 Å². The summed E-state index contributed by atoms with van der Waals surface area (Å²) in [4.78, 5) is 24.9. The Morgan fingerprint density at radius 1 is 1.07 bits per heavy atom. The lowest BCUT2D eigenvalue weighted by Gasteiger charge is -2.06. The number of aromatic nitrogens is 3. The summed E-state index contributed by atoms with van der Waals surface area (Å²) in [5, 5.41) is 10.1. The van der Waals surface area contributed by atoms with Crippen LogP contribution in [0.5, 0.6) is 5.75 Å². The van der Waals surface area contributed by atoms with E-state index in [1.807, 2.05) is 39.2 Å². The summed E-state index contributed by atoms with van der Waals surface area (Å²) < 4.78 is 13.6. The predicted molar refractivity (Wildman–Crippen MR) is 96.7 cm³/mol. The van der Waals surface area contributed by atoms with Crippen molar-refractivity contribution in [3.8, 4) is 11.4 Å². The van der Waals surface area contributed by atoms with Crippen LogP contribution in [0.4, 0.5) is 0 Å². The smallest absolute Gasteiger partial charge is 0.338 e. The Morgan fingerprint density at radius 2 is 1.81 bits per heavy atom. The van der Waals surface area contributed by atoms with Gasteiger partial charge >= 0.3 is 11.9 Å². The highest BCUT2D eigenvalue weighted by atomic mass is 16.6. The molecule has 0 spiro atoms. The van der Waals surface area contributed by atoms with Gasteiger partial charge in [0, 0.05) is 6.08 Å². The van der Waals surface area contributed by atoms with Crippen LogP contribution in [0.1, 0.15) is 15.9 Å². The second-order valence-electron chi connectivity index (χ2n) is 6.07. The van der Waals surface area contributed by atoms with Crippen molar-refractivity contribution >= 4 is 23.0 Å². The number of nitrogens with zero attached hydrogens (tertiary/aromatic N) is 3. The molecule has 8 nitrogen and oxygen atoms in total. The van der Waals surface area contributed by atoms with Crippen molar-refractivity contribution < 1.29 is 24.2 Å². The van der Waals surface area contributed by atoms with Gasteiger partial charge in [0.15, 0.2) is 0 Å². The quantitative estimate of drug-likeness (QED) is 0.321. The highest BCUT2D eigenvalue weighted by Crippen LogP contribution is 2.31. The van der Waals surface area contributed by atoms with Gasteiger partial charge in [0.25, 0.3) is 0 Å². The molecule has 0 bridgehead atoms. The summed E-state index contributed by atoms with van der Waals surface area (Å²) in [6, 6.07) is 10.6. The number of phenols is 1. The van der Waals surface area contributed by atoms with Gasteiger partial charge in [0.2, 0.25) is 0 Å². The van der Waals surface area contributed by atoms with E-state index >= 15 is 0 Å². The number of carbonyl (C=O) groups excluding carboxylic acids is 2. The first-order valence-electron chi connectivity index (χ1n) is 8.31. The van der Waals surface area contributed by atoms with Crippen molar-refractivity contribution in [3.63, 3.8) is 0 Å². The number of benzene rings is 2. The molecular formula is C19H17N3O5. The Bertz CT molecular complexity index is 1160. The van der Waals surface area contributed by atoms with Crippen LogP contribution in [0.25, 0.3) is 16.7 Å². The molecule has 4 aromatic rings. The van der Waals surface area contributed by atoms with Crippen LogP contribution in [-0.2, 0) is 14.3 Å². The average molecular weight is 367 g/mol. The molecular weight excluding hydrogens is 350 g/mol. The molecule has 0 saturated heterocycles. The molecule has 0 saturated carbocycles. The number of hydrogen-bond acceptors (Lipinski definition) is 5. The average Bonchev–Trinajstić information content (AvgIpc) is 3.33. The topological polar surface area (TPSA) is 86.6 Å². The molecule has 27 heavy (non-hydrogen) atoms. The van der Waals surface area contributed by atoms with Gasteiger partial charge in [-0.25, -0.2) is 9.59 Å². The molecule has 138 valence electrons. The van der Waals surface area contributed by atoms with Crippen LogP contribution in [0.15, 0.2) is 49.1 Å². The van der Waals surface area contributed by atoms with Gasteiger partial charge in [-0.3, -0.25) is 0 Å². The maximum Gasteiger partial charge on any atom is 0.338 e. The summed E-state index contributed by atoms with van der Waals surface area (Å²) in [5.41, 5.74) is 3.85. The number of carbonyl (C=O) groups is 2. The molecule has 0 aliphatic rings. The number of fused-ring (bicyclic) bond motifs is 4. The van der Waals surface area contributed by atoms with Gasteiger partial charge < -0.3 is 14.6 Å². The van der Waals surface area contributed by atoms with E-state index in [0.29, 0.717) is 11.3 Å². The maximum atomic E-state index is 12.1. The van der Waals surface area contributed by atoms with Gasteiger partial charge in [-0.2, -0.15) is 0 Å². The monoisotopic (exact) mass is 367 g/mol. The highest BCUT2D eigenvalue weighted by Gasteiger charge is 2.26. The molecule has 0 atom stereocenters. The van der Waals surface area contributed by atoms with Crippen molar-refractivity contribution in [3.05, 3.63) is 60.2 Å². The fourth-order valence-corrected chi connectivity index (χ4v) is 2.89. The van der Waals surface area contributed by atoms with E-state index in [9.17, 15) is 14.7 Å². The lowest BCUT2D eigenvalue weighted by atomic mass is 10.2. The number of phenolic OH excluding ortho intramolecular Hbond substituents is 1. The van der Waals surface area contributed by atoms with E-state index in [1.54, 1.807) is 18.2 Å². The molecule has 0 aliphatic carbocycles. The molecule has 4 rings (SSSR count). The van der Waals surface area contributed by atoms with Crippen molar-refractivity contribution in [1.29, 1.82) is 0 Å². The second-order valence-corrected chi connectivity index (χ2v) is 6.07. The molecule has 0 unspecified atom stereocenters. The predicted octanol–water partition coefficient (Wildman–Crippen LogP) is 2.32. The number of ether oxygens (including phenoxy) is 2. The normalized spacial score (nSPS) is 11.3. The minimum atomic E-state index is -0.562. The Hall–Kier alpha value is -3.68. The molecule has 0 radical (unpaired) electrons. The number of aromatic hydroxyl groups is 1. The van der Waals surface area contributed by atoms with E-state index in [2.05, 4.69) is 6.58 Å². The molecule has 2 aromatic carbocycles. The lowest BCUT2D eigenvalue weighted by molar-refractivity contribution is -0.138. The fourth-order valence-electron chi connectivity index (χ4n) is 2.89. The van der Waals surface area contributed by atoms with Gasteiger partial charge in [-0.05, 0) is 42.8 Å². The van der Waals surface area contributed by atoms with Crippen LogP contribution in [-0.4, -0.2) is 44.3 Å². The van der Waals surface area contributed by atoms with Gasteiger partial charge in [0.05, 0.1) is 5.56 Å². The molecule has 0 amide bonds. The van der Waals surface area contributed by atoms with E-state index in [4.69, 9.17) is 9.47 Å². The van der Waals surface area contributed by atoms with Crippen molar-refractivity contribution in [1.82, 2.24) is 14.1 Å². The molecule has 0 fully saturated rings. The second kappa shape index (κ2) is 6.24. The zero-order valence-electron chi connectivity index (χ0n) is 14.6.